The second kappa shape index (κ2) is 2.16. The van der Waals surface area contributed by atoms with E-state index in [2.05, 4.69) is 49.5 Å². The van der Waals surface area contributed by atoms with Gasteiger partial charge in [0, 0.05) is 26.5 Å². The molecule has 2 nitrogen and oxygen atoms in total. The normalized spacial score (nSPS) is 11.3. The van der Waals surface area contributed by atoms with Gasteiger partial charge in [-0.25, -0.2) is 0 Å². The molecule has 0 aliphatic heterocycles. The largest absolute Gasteiger partial charge is 0.349 e. The lowest BCUT2D eigenvalue weighted by molar-refractivity contribution is 0.952. The maximum absolute atomic E-state index is 2.19. The quantitative estimate of drug-likeness (QED) is 0.561. The molecule has 0 fully saturated rings. The highest BCUT2D eigenvalue weighted by atomic mass is 15.0. The van der Waals surface area contributed by atoms with E-state index < -0.39 is 0 Å². The standard InChI is InChI=1S/C10H14N2/c1-7-5-11(3)10-8(2)6-12(4)9(7)10/h5-6H,1-4H3. The summed E-state index contributed by atoms with van der Waals surface area (Å²) in [7, 11) is 4.20. The zero-order valence-corrected chi connectivity index (χ0v) is 8.05. The molecule has 0 spiro atoms. The van der Waals surface area contributed by atoms with Crippen molar-refractivity contribution >= 4 is 11.0 Å². The number of hydrogen-bond acceptors (Lipinski definition) is 0. The number of rotatable bonds is 0. The van der Waals surface area contributed by atoms with Crippen LogP contribution in [0.4, 0.5) is 0 Å². The summed E-state index contributed by atoms with van der Waals surface area (Å²) in [5.74, 6) is 0. The molecule has 0 N–H and O–H groups in total. The minimum absolute atomic E-state index is 1.35. The maximum Gasteiger partial charge on any atom is 0.0692 e. The molecule has 0 amide bonds. The Morgan fingerprint density at radius 2 is 1.17 bits per heavy atom. The molecule has 0 saturated heterocycles. The van der Waals surface area contributed by atoms with Crippen LogP contribution in [0.2, 0.25) is 0 Å². The maximum atomic E-state index is 2.19. The number of aromatic nitrogens is 2. The van der Waals surface area contributed by atoms with E-state index in [1.54, 1.807) is 0 Å². The summed E-state index contributed by atoms with van der Waals surface area (Å²) in [6.45, 7) is 4.31. The summed E-state index contributed by atoms with van der Waals surface area (Å²) in [6, 6.07) is 0. The Kier molecular flexibility index (Phi) is 1.34. The summed E-state index contributed by atoms with van der Waals surface area (Å²) in [4.78, 5) is 0. The van der Waals surface area contributed by atoms with Crippen molar-refractivity contribution in [3.05, 3.63) is 23.5 Å². The number of hydrogen-bond donors (Lipinski definition) is 0. The Morgan fingerprint density at radius 3 is 1.50 bits per heavy atom. The highest BCUT2D eigenvalue weighted by molar-refractivity contribution is 5.84. The first-order valence-electron chi connectivity index (χ1n) is 4.19. The summed E-state index contributed by atoms with van der Waals surface area (Å²) >= 11 is 0. The fraction of sp³-hybridized carbons (Fsp3) is 0.400. The lowest BCUT2D eigenvalue weighted by Gasteiger charge is -1.91. The van der Waals surface area contributed by atoms with E-state index in [-0.39, 0.29) is 0 Å². The van der Waals surface area contributed by atoms with Gasteiger partial charge in [-0.1, -0.05) is 0 Å². The third kappa shape index (κ3) is 0.750. The molecule has 64 valence electrons. The van der Waals surface area contributed by atoms with Crippen molar-refractivity contribution in [3.8, 4) is 0 Å². The number of aryl methyl sites for hydroxylation is 4. The van der Waals surface area contributed by atoms with E-state index >= 15 is 0 Å². The highest BCUT2D eigenvalue weighted by Gasteiger charge is 2.08. The molecular formula is C10H14N2. The topological polar surface area (TPSA) is 9.86 Å². The summed E-state index contributed by atoms with van der Waals surface area (Å²) in [5, 5.41) is 0. The molecule has 0 aromatic carbocycles. The van der Waals surface area contributed by atoms with Gasteiger partial charge in [-0.15, -0.1) is 0 Å². The smallest absolute Gasteiger partial charge is 0.0692 e. The second-order valence-corrected chi connectivity index (χ2v) is 3.54. The van der Waals surface area contributed by atoms with Crippen LogP contribution < -0.4 is 0 Å². The van der Waals surface area contributed by atoms with Crippen LogP contribution in [0.5, 0.6) is 0 Å². The molecule has 0 saturated carbocycles. The fourth-order valence-corrected chi connectivity index (χ4v) is 2.10. The van der Waals surface area contributed by atoms with Gasteiger partial charge in [0.05, 0.1) is 11.0 Å². The minimum Gasteiger partial charge on any atom is -0.349 e. The molecule has 2 heteroatoms. The van der Waals surface area contributed by atoms with Gasteiger partial charge >= 0.3 is 0 Å². The monoisotopic (exact) mass is 162 g/mol. The van der Waals surface area contributed by atoms with E-state index in [0.717, 1.165) is 0 Å². The van der Waals surface area contributed by atoms with E-state index in [1.807, 2.05) is 0 Å². The molecule has 2 rings (SSSR count). The van der Waals surface area contributed by atoms with Gasteiger partial charge in [-0.05, 0) is 25.0 Å². The average molecular weight is 162 g/mol. The lowest BCUT2D eigenvalue weighted by atomic mass is 10.3. The van der Waals surface area contributed by atoms with Gasteiger partial charge in [0.1, 0.15) is 0 Å². The van der Waals surface area contributed by atoms with Crippen LogP contribution in [0.3, 0.4) is 0 Å². The van der Waals surface area contributed by atoms with Crippen molar-refractivity contribution in [2.75, 3.05) is 0 Å². The van der Waals surface area contributed by atoms with Crippen molar-refractivity contribution in [1.82, 2.24) is 9.13 Å². The Bertz CT molecular complexity index is 357. The van der Waals surface area contributed by atoms with E-state index in [4.69, 9.17) is 0 Å². The van der Waals surface area contributed by atoms with Gasteiger partial charge in [-0.3, -0.25) is 0 Å². The molecule has 2 aromatic heterocycles. The predicted octanol–water partition coefficient (Wildman–Crippen LogP) is 2.13. The summed E-state index contributed by atoms with van der Waals surface area (Å²) < 4.78 is 4.39. The van der Waals surface area contributed by atoms with Crippen LogP contribution in [0.15, 0.2) is 12.4 Å². The van der Waals surface area contributed by atoms with Crippen molar-refractivity contribution in [2.24, 2.45) is 14.1 Å². The Hall–Kier alpha value is -1.18. The average Bonchev–Trinajstić information content (AvgIpc) is 2.38. The highest BCUT2D eigenvalue weighted by Crippen LogP contribution is 2.23. The minimum atomic E-state index is 1.35. The zero-order valence-electron chi connectivity index (χ0n) is 8.05. The van der Waals surface area contributed by atoms with Crippen molar-refractivity contribution < 1.29 is 0 Å². The molecule has 0 aliphatic carbocycles. The van der Waals surface area contributed by atoms with Crippen LogP contribution in [0, 0.1) is 13.8 Å². The van der Waals surface area contributed by atoms with Crippen molar-refractivity contribution in [2.45, 2.75) is 13.8 Å². The number of nitrogens with zero attached hydrogens (tertiary/aromatic N) is 2. The Balaban J connectivity index is 3.01. The van der Waals surface area contributed by atoms with Gasteiger partial charge in [0.2, 0.25) is 0 Å². The zero-order chi connectivity index (χ0) is 8.88. The molecule has 0 aliphatic rings. The summed E-state index contributed by atoms with van der Waals surface area (Å²) in [6.07, 6.45) is 4.36. The Morgan fingerprint density at radius 1 is 0.833 bits per heavy atom. The van der Waals surface area contributed by atoms with E-state index in [1.165, 1.54) is 22.2 Å². The molecular weight excluding hydrogens is 148 g/mol. The van der Waals surface area contributed by atoms with E-state index in [9.17, 15) is 0 Å². The molecule has 12 heavy (non-hydrogen) atoms. The molecule has 0 atom stereocenters. The van der Waals surface area contributed by atoms with Gasteiger partial charge in [0.25, 0.3) is 0 Å². The van der Waals surface area contributed by atoms with Crippen LogP contribution in [0.1, 0.15) is 11.1 Å². The van der Waals surface area contributed by atoms with Crippen LogP contribution in [-0.4, -0.2) is 9.13 Å². The SMILES string of the molecule is Cc1cn(C)c2c(C)cn(C)c12. The van der Waals surface area contributed by atoms with E-state index in [0.29, 0.717) is 0 Å². The predicted molar refractivity (Wildman–Crippen MR) is 51.4 cm³/mol. The molecule has 2 heterocycles. The van der Waals surface area contributed by atoms with Gasteiger partial charge in [0.15, 0.2) is 0 Å². The third-order valence-electron chi connectivity index (χ3n) is 2.45. The van der Waals surface area contributed by atoms with Crippen LogP contribution in [0.25, 0.3) is 11.0 Å². The van der Waals surface area contributed by atoms with Crippen LogP contribution >= 0.6 is 0 Å². The summed E-state index contributed by atoms with van der Waals surface area (Å²) in [5.41, 5.74) is 5.41. The molecule has 0 radical (unpaired) electrons. The fourth-order valence-electron chi connectivity index (χ4n) is 2.10. The lowest BCUT2D eigenvalue weighted by Crippen LogP contribution is -1.83. The second-order valence-electron chi connectivity index (χ2n) is 3.54. The Labute approximate surface area is 72.4 Å². The molecule has 0 unspecified atom stereocenters. The first-order valence-corrected chi connectivity index (χ1v) is 4.19. The van der Waals surface area contributed by atoms with Crippen molar-refractivity contribution in [3.63, 3.8) is 0 Å². The third-order valence-corrected chi connectivity index (χ3v) is 2.45. The molecule has 2 aromatic rings. The first kappa shape index (κ1) is 7.47. The first-order chi connectivity index (χ1) is 5.61. The molecule has 0 bridgehead atoms. The number of fused-ring (bicyclic) bond motifs is 1. The van der Waals surface area contributed by atoms with Crippen molar-refractivity contribution in [1.29, 1.82) is 0 Å². The van der Waals surface area contributed by atoms with Gasteiger partial charge < -0.3 is 9.13 Å². The van der Waals surface area contributed by atoms with Gasteiger partial charge in [-0.2, -0.15) is 0 Å². The van der Waals surface area contributed by atoms with Crippen LogP contribution in [-0.2, 0) is 14.1 Å².